The largest absolute Gasteiger partial charge is 0.378 e. The minimum absolute atomic E-state index is 0.346. The van der Waals surface area contributed by atoms with Gasteiger partial charge in [-0.2, -0.15) is 0 Å². The molecule has 3 heteroatoms. The van der Waals surface area contributed by atoms with E-state index in [1.54, 1.807) is 0 Å². The second-order valence-corrected chi connectivity index (χ2v) is 5.75. The fourth-order valence-electron chi connectivity index (χ4n) is 3.39. The third kappa shape index (κ3) is 3.40. The molecule has 1 heterocycles. The first-order valence-electron chi connectivity index (χ1n) is 7.79. The van der Waals surface area contributed by atoms with Crippen LogP contribution in [0.1, 0.15) is 42.5 Å². The summed E-state index contributed by atoms with van der Waals surface area (Å²) in [6.07, 6.45) is 2.68. The van der Waals surface area contributed by atoms with E-state index >= 15 is 0 Å². The van der Waals surface area contributed by atoms with E-state index in [0.717, 1.165) is 32.5 Å². The highest BCUT2D eigenvalue weighted by Gasteiger charge is 2.27. The van der Waals surface area contributed by atoms with E-state index in [1.807, 2.05) is 0 Å². The number of hydrogen-bond donors (Lipinski definition) is 1. The molecule has 0 amide bonds. The average Bonchev–Trinajstić information content (AvgIpc) is 2.45. The average molecular weight is 276 g/mol. The van der Waals surface area contributed by atoms with E-state index in [1.165, 1.54) is 16.7 Å². The molecule has 0 radical (unpaired) electrons. The molecule has 1 fully saturated rings. The molecule has 0 aliphatic carbocycles. The Hall–Kier alpha value is -0.900. The Labute approximate surface area is 123 Å². The van der Waals surface area contributed by atoms with Crippen LogP contribution in [-0.4, -0.2) is 37.2 Å². The molecule has 112 valence electrons. The number of likely N-dealkylation sites (tertiary alicyclic amines) is 1. The molecule has 2 rings (SSSR count). The molecule has 20 heavy (non-hydrogen) atoms. The molecule has 0 spiro atoms. The lowest BCUT2D eigenvalue weighted by Crippen LogP contribution is -2.42. The number of rotatable bonds is 5. The van der Waals surface area contributed by atoms with Gasteiger partial charge in [0.2, 0.25) is 0 Å². The van der Waals surface area contributed by atoms with Crippen LogP contribution in [0.4, 0.5) is 0 Å². The van der Waals surface area contributed by atoms with Gasteiger partial charge >= 0.3 is 0 Å². The molecular formula is C17H28N2O. The molecule has 1 unspecified atom stereocenters. The van der Waals surface area contributed by atoms with Crippen LogP contribution in [0.15, 0.2) is 18.2 Å². The van der Waals surface area contributed by atoms with Gasteiger partial charge < -0.3 is 10.5 Å². The van der Waals surface area contributed by atoms with Crippen LogP contribution in [-0.2, 0) is 4.74 Å². The SMILES string of the molecule is CCOC1CCN(C(CN)c2c(C)cccc2C)CC1. The second-order valence-electron chi connectivity index (χ2n) is 5.75. The third-order valence-electron chi connectivity index (χ3n) is 4.42. The number of nitrogens with two attached hydrogens (primary N) is 1. The van der Waals surface area contributed by atoms with Gasteiger partial charge in [0.25, 0.3) is 0 Å². The minimum atomic E-state index is 0.346. The molecule has 0 aromatic heterocycles. The molecule has 2 N–H and O–H groups in total. The van der Waals surface area contributed by atoms with Gasteiger partial charge in [-0.25, -0.2) is 0 Å². The zero-order valence-electron chi connectivity index (χ0n) is 13.1. The molecule has 1 atom stereocenters. The van der Waals surface area contributed by atoms with E-state index in [-0.39, 0.29) is 0 Å². The quantitative estimate of drug-likeness (QED) is 0.898. The first-order chi connectivity index (χ1) is 9.67. The van der Waals surface area contributed by atoms with Crippen molar-refractivity contribution in [1.82, 2.24) is 4.90 Å². The van der Waals surface area contributed by atoms with E-state index in [9.17, 15) is 0 Å². The lowest BCUT2D eigenvalue weighted by atomic mass is 9.93. The Bertz CT molecular complexity index is 405. The van der Waals surface area contributed by atoms with Crippen molar-refractivity contribution in [2.45, 2.75) is 45.8 Å². The normalized spacial score (nSPS) is 19.2. The number of aryl methyl sites for hydroxylation is 2. The molecule has 0 saturated carbocycles. The van der Waals surface area contributed by atoms with Crippen LogP contribution in [0, 0.1) is 13.8 Å². The summed E-state index contributed by atoms with van der Waals surface area (Å²) in [5.41, 5.74) is 10.2. The van der Waals surface area contributed by atoms with E-state index < -0.39 is 0 Å². The Morgan fingerprint density at radius 2 is 1.85 bits per heavy atom. The number of ether oxygens (including phenoxy) is 1. The molecule has 1 aliphatic heterocycles. The molecular weight excluding hydrogens is 248 g/mol. The van der Waals surface area contributed by atoms with Gasteiger partial charge in [-0.3, -0.25) is 4.90 Å². The van der Waals surface area contributed by atoms with Crippen molar-refractivity contribution in [3.8, 4) is 0 Å². The van der Waals surface area contributed by atoms with Gasteiger partial charge in [0.1, 0.15) is 0 Å². The summed E-state index contributed by atoms with van der Waals surface area (Å²) < 4.78 is 5.74. The maximum Gasteiger partial charge on any atom is 0.0599 e. The van der Waals surface area contributed by atoms with E-state index in [0.29, 0.717) is 18.7 Å². The topological polar surface area (TPSA) is 38.5 Å². The van der Waals surface area contributed by atoms with Crippen molar-refractivity contribution >= 4 is 0 Å². The maximum atomic E-state index is 6.09. The summed E-state index contributed by atoms with van der Waals surface area (Å²) in [5, 5.41) is 0. The van der Waals surface area contributed by atoms with Crippen molar-refractivity contribution in [2.24, 2.45) is 5.73 Å². The van der Waals surface area contributed by atoms with Gasteiger partial charge in [-0.1, -0.05) is 18.2 Å². The Morgan fingerprint density at radius 1 is 1.25 bits per heavy atom. The molecule has 1 aromatic rings. The Kier molecular flexibility index (Phi) is 5.58. The van der Waals surface area contributed by atoms with Crippen LogP contribution in [0.25, 0.3) is 0 Å². The lowest BCUT2D eigenvalue weighted by Gasteiger charge is -2.38. The fraction of sp³-hybridized carbons (Fsp3) is 0.647. The molecule has 3 nitrogen and oxygen atoms in total. The van der Waals surface area contributed by atoms with Gasteiger partial charge in [0, 0.05) is 32.3 Å². The smallest absolute Gasteiger partial charge is 0.0599 e. The number of piperidine rings is 1. The number of benzene rings is 1. The van der Waals surface area contributed by atoms with Crippen molar-refractivity contribution in [3.63, 3.8) is 0 Å². The van der Waals surface area contributed by atoms with Crippen LogP contribution in [0.3, 0.4) is 0 Å². The maximum absolute atomic E-state index is 6.09. The number of hydrogen-bond acceptors (Lipinski definition) is 3. The predicted molar refractivity (Wildman–Crippen MR) is 83.9 cm³/mol. The summed E-state index contributed by atoms with van der Waals surface area (Å²) in [6, 6.07) is 6.86. The zero-order valence-corrected chi connectivity index (χ0v) is 13.1. The molecule has 0 bridgehead atoms. The highest BCUT2D eigenvalue weighted by molar-refractivity contribution is 5.36. The first-order valence-corrected chi connectivity index (χ1v) is 7.79. The summed E-state index contributed by atoms with van der Waals surface area (Å²) in [5.74, 6) is 0. The predicted octanol–water partition coefficient (Wildman–Crippen LogP) is 2.80. The number of nitrogens with zero attached hydrogens (tertiary/aromatic N) is 1. The van der Waals surface area contributed by atoms with Gasteiger partial charge in [0.05, 0.1) is 6.10 Å². The van der Waals surface area contributed by atoms with Crippen molar-refractivity contribution < 1.29 is 4.74 Å². The van der Waals surface area contributed by atoms with Crippen LogP contribution >= 0.6 is 0 Å². The lowest BCUT2D eigenvalue weighted by molar-refractivity contribution is 0.00441. The van der Waals surface area contributed by atoms with E-state index in [4.69, 9.17) is 10.5 Å². The molecule has 1 aliphatic rings. The standard InChI is InChI=1S/C17H28N2O/c1-4-20-15-8-10-19(11-9-15)16(12-18)17-13(2)6-5-7-14(17)3/h5-7,15-16H,4,8-12,18H2,1-3H3. The molecule has 1 saturated heterocycles. The summed E-state index contributed by atoms with van der Waals surface area (Å²) in [4.78, 5) is 2.53. The summed E-state index contributed by atoms with van der Waals surface area (Å²) in [7, 11) is 0. The Morgan fingerprint density at radius 3 is 2.35 bits per heavy atom. The molecule has 1 aromatic carbocycles. The Balaban J connectivity index is 2.10. The third-order valence-corrected chi connectivity index (χ3v) is 4.42. The minimum Gasteiger partial charge on any atom is -0.378 e. The van der Waals surface area contributed by atoms with Crippen LogP contribution in [0.2, 0.25) is 0 Å². The van der Waals surface area contributed by atoms with E-state index in [2.05, 4.69) is 43.9 Å². The summed E-state index contributed by atoms with van der Waals surface area (Å²) in [6.45, 7) is 10.1. The van der Waals surface area contributed by atoms with Crippen molar-refractivity contribution in [2.75, 3.05) is 26.2 Å². The highest BCUT2D eigenvalue weighted by atomic mass is 16.5. The highest BCUT2D eigenvalue weighted by Crippen LogP contribution is 2.29. The zero-order chi connectivity index (χ0) is 14.5. The van der Waals surface area contributed by atoms with Crippen LogP contribution in [0.5, 0.6) is 0 Å². The first kappa shape index (κ1) is 15.5. The van der Waals surface area contributed by atoms with Gasteiger partial charge in [-0.05, 0) is 50.3 Å². The van der Waals surface area contributed by atoms with Crippen LogP contribution < -0.4 is 5.73 Å². The monoisotopic (exact) mass is 276 g/mol. The fourth-order valence-corrected chi connectivity index (χ4v) is 3.39. The van der Waals surface area contributed by atoms with Gasteiger partial charge in [-0.15, -0.1) is 0 Å². The summed E-state index contributed by atoms with van der Waals surface area (Å²) >= 11 is 0. The van der Waals surface area contributed by atoms with Gasteiger partial charge in [0.15, 0.2) is 0 Å². The van der Waals surface area contributed by atoms with Crippen molar-refractivity contribution in [1.29, 1.82) is 0 Å². The van der Waals surface area contributed by atoms with Crippen molar-refractivity contribution in [3.05, 3.63) is 34.9 Å². The second kappa shape index (κ2) is 7.21.